The van der Waals surface area contributed by atoms with Crippen LogP contribution in [-0.4, -0.2) is 28.1 Å². The first-order chi connectivity index (χ1) is 6.11. The Morgan fingerprint density at radius 1 is 1.31 bits per heavy atom. The van der Waals surface area contributed by atoms with Crippen molar-refractivity contribution >= 4 is 18.0 Å². The normalized spacial score (nSPS) is 15.1. The first-order valence-electron chi connectivity index (χ1n) is 3.88. The third kappa shape index (κ3) is 3.10. The fourth-order valence-corrected chi connectivity index (χ4v) is 0.736. The number of carbonyl (C=O) groups is 3. The van der Waals surface area contributed by atoms with Gasteiger partial charge in [-0.25, -0.2) is 4.79 Å². The third-order valence-electron chi connectivity index (χ3n) is 1.18. The first-order valence-corrected chi connectivity index (χ1v) is 3.88. The Labute approximate surface area is 75.0 Å². The predicted octanol–water partition coefficient (Wildman–Crippen LogP) is 0.771. The van der Waals surface area contributed by atoms with Crippen LogP contribution in [0.1, 0.15) is 26.7 Å². The summed E-state index contributed by atoms with van der Waals surface area (Å²) in [6.07, 6.45) is -1.62. The van der Waals surface area contributed by atoms with Crippen LogP contribution in [0.5, 0.6) is 0 Å². The molecular formula is C7H11NO5. The van der Waals surface area contributed by atoms with Crippen LogP contribution in [0.4, 0.5) is 4.79 Å². The van der Waals surface area contributed by atoms with Crippen molar-refractivity contribution in [1.82, 2.24) is 5.06 Å². The topological polar surface area (TPSA) is 83.9 Å². The molecule has 1 saturated heterocycles. The lowest BCUT2D eigenvalue weighted by Crippen LogP contribution is -2.31. The SMILES string of the molecule is CC.O=C(O)ON1C(=O)CCC1=O. The second-order valence-electron chi connectivity index (χ2n) is 1.94. The van der Waals surface area contributed by atoms with Gasteiger partial charge in [0.15, 0.2) is 0 Å². The molecule has 13 heavy (non-hydrogen) atoms. The molecule has 6 heteroatoms. The predicted molar refractivity (Wildman–Crippen MR) is 41.5 cm³/mol. The Kier molecular flexibility index (Phi) is 4.50. The number of hydrogen-bond donors (Lipinski definition) is 1. The molecule has 0 aromatic carbocycles. The van der Waals surface area contributed by atoms with Gasteiger partial charge in [-0.3, -0.25) is 14.4 Å². The van der Waals surface area contributed by atoms with Crippen LogP contribution in [0.3, 0.4) is 0 Å². The van der Waals surface area contributed by atoms with Crippen molar-refractivity contribution in [3.05, 3.63) is 0 Å². The van der Waals surface area contributed by atoms with Gasteiger partial charge in [0, 0.05) is 12.8 Å². The summed E-state index contributed by atoms with van der Waals surface area (Å²) in [5.74, 6) is -1.23. The van der Waals surface area contributed by atoms with Crippen molar-refractivity contribution in [3.8, 4) is 0 Å². The molecule has 1 fully saturated rings. The molecule has 0 bridgehead atoms. The molecule has 74 valence electrons. The number of rotatable bonds is 1. The highest BCUT2D eigenvalue weighted by molar-refractivity contribution is 6.01. The molecule has 2 amide bonds. The molecule has 1 aliphatic heterocycles. The largest absolute Gasteiger partial charge is 0.531 e. The van der Waals surface area contributed by atoms with Gasteiger partial charge in [-0.2, -0.15) is 0 Å². The summed E-state index contributed by atoms with van der Waals surface area (Å²) < 4.78 is 0. The van der Waals surface area contributed by atoms with E-state index in [1.54, 1.807) is 0 Å². The molecule has 1 rings (SSSR count). The molecule has 0 aromatic rings. The molecule has 0 atom stereocenters. The number of hydroxylamine groups is 2. The van der Waals surface area contributed by atoms with Gasteiger partial charge in [0.1, 0.15) is 0 Å². The van der Waals surface area contributed by atoms with Gasteiger partial charge in [-0.15, -0.1) is 0 Å². The Morgan fingerprint density at radius 3 is 2.00 bits per heavy atom. The van der Waals surface area contributed by atoms with Gasteiger partial charge in [0.25, 0.3) is 11.8 Å². The van der Waals surface area contributed by atoms with Gasteiger partial charge >= 0.3 is 6.16 Å². The second kappa shape index (κ2) is 5.13. The van der Waals surface area contributed by atoms with Gasteiger partial charge < -0.3 is 5.11 Å². The van der Waals surface area contributed by atoms with Gasteiger partial charge in [0.2, 0.25) is 0 Å². The van der Waals surface area contributed by atoms with Gasteiger partial charge in [0.05, 0.1) is 0 Å². The Bertz CT molecular complexity index is 209. The first kappa shape index (κ1) is 11.4. The number of carboxylic acid groups (broad SMARTS) is 1. The highest BCUT2D eigenvalue weighted by Crippen LogP contribution is 2.11. The average molecular weight is 189 g/mol. The lowest BCUT2D eigenvalue weighted by molar-refractivity contribution is -0.175. The van der Waals surface area contributed by atoms with E-state index in [-0.39, 0.29) is 17.9 Å². The molecule has 0 aromatic heterocycles. The van der Waals surface area contributed by atoms with Crippen LogP contribution in [0, 0.1) is 0 Å². The molecule has 1 N–H and O–H groups in total. The number of imide groups is 1. The van der Waals surface area contributed by atoms with Crippen molar-refractivity contribution in [2.24, 2.45) is 0 Å². The van der Waals surface area contributed by atoms with E-state index in [9.17, 15) is 14.4 Å². The quantitative estimate of drug-likeness (QED) is 0.616. The minimum atomic E-state index is -1.66. The van der Waals surface area contributed by atoms with E-state index in [0.717, 1.165) is 0 Å². The third-order valence-corrected chi connectivity index (χ3v) is 1.18. The smallest absolute Gasteiger partial charge is 0.448 e. The monoisotopic (exact) mass is 189 g/mol. The summed E-state index contributed by atoms with van der Waals surface area (Å²) in [6, 6.07) is 0. The zero-order valence-electron chi connectivity index (χ0n) is 7.44. The van der Waals surface area contributed by atoms with E-state index >= 15 is 0 Å². The van der Waals surface area contributed by atoms with Crippen molar-refractivity contribution in [2.75, 3.05) is 0 Å². The molecule has 0 aliphatic carbocycles. The van der Waals surface area contributed by atoms with Crippen molar-refractivity contribution in [1.29, 1.82) is 0 Å². The van der Waals surface area contributed by atoms with Crippen LogP contribution >= 0.6 is 0 Å². The minimum absolute atomic E-state index is 0.0200. The Hall–Kier alpha value is -1.59. The molecule has 6 nitrogen and oxygen atoms in total. The molecular weight excluding hydrogens is 178 g/mol. The van der Waals surface area contributed by atoms with Crippen LogP contribution < -0.4 is 0 Å². The zero-order valence-corrected chi connectivity index (χ0v) is 7.44. The number of hydrogen-bond acceptors (Lipinski definition) is 4. The van der Waals surface area contributed by atoms with E-state index in [1.807, 2.05) is 13.8 Å². The van der Waals surface area contributed by atoms with Crippen LogP contribution in [0.15, 0.2) is 0 Å². The standard InChI is InChI=1S/C5H5NO5.C2H6/c7-3-1-2-4(8)6(3)11-5(9)10;1-2/h1-2H2,(H,9,10);1-2H3. The lowest BCUT2D eigenvalue weighted by Gasteiger charge is -2.08. The van der Waals surface area contributed by atoms with Crippen molar-refractivity contribution in [3.63, 3.8) is 0 Å². The number of nitrogens with zero attached hydrogens (tertiary/aromatic N) is 1. The van der Waals surface area contributed by atoms with Crippen molar-refractivity contribution < 1.29 is 24.3 Å². The summed E-state index contributed by atoms with van der Waals surface area (Å²) in [5, 5.41) is 8.31. The van der Waals surface area contributed by atoms with E-state index in [4.69, 9.17) is 5.11 Å². The highest BCUT2D eigenvalue weighted by atomic mass is 16.8. The van der Waals surface area contributed by atoms with Gasteiger partial charge in [-0.05, 0) is 0 Å². The molecule has 0 saturated carbocycles. The minimum Gasteiger partial charge on any atom is -0.448 e. The van der Waals surface area contributed by atoms with Crippen LogP contribution in [0.2, 0.25) is 0 Å². The lowest BCUT2D eigenvalue weighted by atomic mass is 10.4. The highest BCUT2D eigenvalue weighted by Gasteiger charge is 2.32. The second-order valence-corrected chi connectivity index (χ2v) is 1.94. The molecule has 0 spiro atoms. The summed E-state index contributed by atoms with van der Waals surface area (Å²) in [4.78, 5) is 35.0. The van der Waals surface area contributed by atoms with E-state index < -0.39 is 18.0 Å². The van der Waals surface area contributed by atoms with E-state index in [1.165, 1.54) is 0 Å². The summed E-state index contributed by atoms with van der Waals surface area (Å²) in [5.41, 5.74) is 0. The van der Waals surface area contributed by atoms with E-state index in [0.29, 0.717) is 0 Å². The Morgan fingerprint density at radius 2 is 1.69 bits per heavy atom. The molecule has 1 aliphatic rings. The van der Waals surface area contributed by atoms with Crippen LogP contribution in [-0.2, 0) is 14.4 Å². The fraction of sp³-hybridized carbons (Fsp3) is 0.571. The maximum Gasteiger partial charge on any atom is 0.531 e. The Balaban J connectivity index is 0.000000671. The summed E-state index contributed by atoms with van der Waals surface area (Å²) >= 11 is 0. The maximum atomic E-state index is 10.6. The summed E-state index contributed by atoms with van der Waals surface area (Å²) in [7, 11) is 0. The molecule has 0 unspecified atom stereocenters. The van der Waals surface area contributed by atoms with Gasteiger partial charge in [-0.1, -0.05) is 18.9 Å². The fourth-order valence-electron chi connectivity index (χ4n) is 0.736. The van der Waals surface area contributed by atoms with Crippen molar-refractivity contribution in [2.45, 2.75) is 26.7 Å². The number of amides is 2. The molecule has 1 heterocycles. The zero-order chi connectivity index (χ0) is 10.4. The van der Waals surface area contributed by atoms with Crippen LogP contribution in [0.25, 0.3) is 0 Å². The maximum absolute atomic E-state index is 10.6. The average Bonchev–Trinajstić information content (AvgIpc) is 2.39. The number of carbonyl (C=O) groups excluding carboxylic acids is 2. The summed E-state index contributed by atoms with van der Waals surface area (Å²) in [6.45, 7) is 4.00. The molecule has 0 radical (unpaired) electrons. The van der Waals surface area contributed by atoms with E-state index in [2.05, 4.69) is 4.84 Å².